The summed E-state index contributed by atoms with van der Waals surface area (Å²) in [4.78, 5) is 13.8. The van der Waals surface area contributed by atoms with Gasteiger partial charge >= 0.3 is 0 Å². The highest BCUT2D eigenvalue weighted by Crippen LogP contribution is 2.35. The fraction of sp³-hybridized carbons (Fsp3) is 0.458. The molecule has 0 saturated carbocycles. The second-order valence-corrected chi connectivity index (χ2v) is 8.30. The predicted molar refractivity (Wildman–Crippen MR) is 114 cm³/mol. The van der Waals surface area contributed by atoms with Crippen molar-refractivity contribution in [2.75, 3.05) is 20.8 Å². The number of carbonyl (C=O) groups is 1. The van der Waals surface area contributed by atoms with E-state index in [0.717, 1.165) is 36.4 Å². The van der Waals surface area contributed by atoms with Crippen molar-refractivity contribution in [3.63, 3.8) is 0 Å². The van der Waals surface area contributed by atoms with E-state index in [1.54, 1.807) is 14.2 Å². The Bertz CT molecular complexity index is 883. The molecule has 0 aromatic heterocycles. The molecule has 3 rings (SSSR count). The number of quaternary nitrogens is 1. The number of hydrogen-bond donors (Lipinski definition) is 2. The summed E-state index contributed by atoms with van der Waals surface area (Å²) in [6.07, 6.45) is 0.896. The Labute approximate surface area is 178 Å². The van der Waals surface area contributed by atoms with E-state index in [4.69, 9.17) is 9.47 Å². The maximum atomic E-state index is 13.4. The van der Waals surface area contributed by atoms with Gasteiger partial charge in [0.15, 0.2) is 11.5 Å². The van der Waals surface area contributed by atoms with Gasteiger partial charge < -0.3 is 19.7 Å². The molecule has 6 heteroatoms. The standard InChI is InChI=1S/C24H31FN2O3/c1-15(2)24(28)26-16(3)23-20-13-22(30-5)21(29-4)12-18(20)10-11-27(23)14-17-6-8-19(25)9-7-17/h6-9,12-13,15-16,23H,10-11,14H2,1-5H3,(H,26,28)/p+1/t16-,23-/m0/s1. The van der Waals surface area contributed by atoms with Gasteiger partial charge in [0.05, 0.1) is 26.8 Å². The highest BCUT2D eigenvalue weighted by atomic mass is 19.1. The second-order valence-electron chi connectivity index (χ2n) is 8.30. The van der Waals surface area contributed by atoms with Crippen molar-refractivity contribution in [3.8, 4) is 11.5 Å². The zero-order valence-electron chi connectivity index (χ0n) is 18.4. The van der Waals surface area contributed by atoms with E-state index < -0.39 is 0 Å². The molecule has 3 atom stereocenters. The molecule has 0 aliphatic carbocycles. The van der Waals surface area contributed by atoms with Crippen LogP contribution in [0, 0.1) is 11.7 Å². The molecule has 30 heavy (non-hydrogen) atoms. The molecular formula is C24H32FN2O3+. The number of nitrogens with one attached hydrogen (secondary N) is 2. The minimum Gasteiger partial charge on any atom is -0.493 e. The van der Waals surface area contributed by atoms with Gasteiger partial charge in [-0.1, -0.05) is 26.0 Å². The normalized spacial score (nSPS) is 19.2. The topological polar surface area (TPSA) is 52.0 Å². The molecule has 2 N–H and O–H groups in total. The molecule has 1 heterocycles. The molecular weight excluding hydrogens is 383 g/mol. The van der Waals surface area contributed by atoms with Crippen LogP contribution >= 0.6 is 0 Å². The Morgan fingerprint density at radius 1 is 1.13 bits per heavy atom. The van der Waals surface area contributed by atoms with Crippen LogP contribution in [0.15, 0.2) is 36.4 Å². The monoisotopic (exact) mass is 415 g/mol. The summed E-state index contributed by atoms with van der Waals surface area (Å²) >= 11 is 0. The summed E-state index contributed by atoms with van der Waals surface area (Å²) in [5.74, 6) is 1.13. The first kappa shape index (κ1) is 22.1. The first-order chi connectivity index (χ1) is 14.3. The summed E-state index contributed by atoms with van der Waals surface area (Å²) in [7, 11) is 3.28. The first-order valence-electron chi connectivity index (χ1n) is 10.5. The molecule has 2 aromatic carbocycles. The Kier molecular flexibility index (Phi) is 6.98. The minimum absolute atomic E-state index is 0.0382. The second kappa shape index (κ2) is 9.47. The van der Waals surface area contributed by atoms with Crippen molar-refractivity contribution in [2.24, 2.45) is 5.92 Å². The molecule has 5 nitrogen and oxygen atoms in total. The van der Waals surface area contributed by atoms with Crippen LogP contribution in [0.3, 0.4) is 0 Å². The number of methoxy groups -OCH3 is 2. The molecule has 162 valence electrons. The minimum atomic E-state index is -0.233. The predicted octanol–water partition coefficient (Wildman–Crippen LogP) is 2.69. The third kappa shape index (κ3) is 4.75. The van der Waals surface area contributed by atoms with E-state index in [1.165, 1.54) is 22.6 Å². The molecule has 1 amide bonds. The van der Waals surface area contributed by atoms with Crippen LogP contribution < -0.4 is 19.7 Å². The van der Waals surface area contributed by atoms with E-state index in [0.29, 0.717) is 5.75 Å². The van der Waals surface area contributed by atoms with Gasteiger partial charge in [0.1, 0.15) is 18.4 Å². The maximum Gasteiger partial charge on any atom is 0.222 e. The molecule has 0 fully saturated rings. The fourth-order valence-corrected chi connectivity index (χ4v) is 4.27. The van der Waals surface area contributed by atoms with Crippen molar-refractivity contribution < 1.29 is 23.6 Å². The average Bonchev–Trinajstić information content (AvgIpc) is 2.73. The van der Waals surface area contributed by atoms with Gasteiger partial charge in [-0.05, 0) is 36.8 Å². The molecule has 1 aliphatic rings. The van der Waals surface area contributed by atoms with Crippen LogP contribution in [-0.2, 0) is 17.8 Å². The number of ether oxygens (including phenoxy) is 2. The molecule has 2 aromatic rings. The summed E-state index contributed by atoms with van der Waals surface area (Å²) < 4.78 is 24.4. The first-order valence-corrected chi connectivity index (χ1v) is 10.5. The molecule has 0 radical (unpaired) electrons. The smallest absolute Gasteiger partial charge is 0.222 e. The molecule has 0 bridgehead atoms. The third-order valence-corrected chi connectivity index (χ3v) is 5.87. The third-order valence-electron chi connectivity index (χ3n) is 5.87. The SMILES string of the molecule is COc1cc2c(cc1OC)[C@H]([C@H](C)NC(=O)C(C)C)[NH+](Cc1ccc(F)cc1)CC2. The highest BCUT2D eigenvalue weighted by molar-refractivity contribution is 5.78. The van der Waals surface area contributed by atoms with Crippen molar-refractivity contribution in [1.29, 1.82) is 0 Å². The van der Waals surface area contributed by atoms with E-state index in [2.05, 4.69) is 12.2 Å². The zero-order chi connectivity index (χ0) is 21.8. The Hall–Kier alpha value is -2.60. The quantitative estimate of drug-likeness (QED) is 0.731. The van der Waals surface area contributed by atoms with Crippen LogP contribution in [0.1, 0.15) is 43.5 Å². The average molecular weight is 416 g/mol. The summed E-state index contributed by atoms with van der Waals surface area (Å²) in [6.45, 7) is 7.51. The fourth-order valence-electron chi connectivity index (χ4n) is 4.27. The van der Waals surface area contributed by atoms with Gasteiger partial charge in [0, 0.05) is 23.5 Å². The lowest BCUT2D eigenvalue weighted by Gasteiger charge is -2.38. The molecule has 1 unspecified atom stereocenters. The lowest BCUT2D eigenvalue weighted by molar-refractivity contribution is -0.948. The van der Waals surface area contributed by atoms with Gasteiger partial charge in [-0.25, -0.2) is 4.39 Å². The number of benzene rings is 2. The van der Waals surface area contributed by atoms with Crippen LogP contribution in [0.2, 0.25) is 0 Å². The van der Waals surface area contributed by atoms with Crippen LogP contribution in [0.4, 0.5) is 4.39 Å². The van der Waals surface area contributed by atoms with Crippen LogP contribution in [0.5, 0.6) is 11.5 Å². The molecule has 1 aliphatic heterocycles. The van der Waals surface area contributed by atoms with E-state index in [-0.39, 0.29) is 29.7 Å². The number of fused-ring (bicyclic) bond motifs is 1. The Morgan fingerprint density at radius 2 is 1.77 bits per heavy atom. The van der Waals surface area contributed by atoms with Crippen molar-refractivity contribution >= 4 is 5.91 Å². The lowest BCUT2D eigenvalue weighted by Crippen LogP contribution is -3.13. The Morgan fingerprint density at radius 3 is 2.37 bits per heavy atom. The Balaban J connectivity index is 1.98. The van der Waals surface area contributed by atoms with Crippen LogP contribution in [0.25, 0.3) is 0 Å². The van der Waals surface area contributed by atoms with Gasteiger partial charge in [0.25, 0.3) is 0 Å². The number of halogens is 1. The zero-order valence-corrected chi connectivity index (χ0v) is 18.4. The number of hydrogen-bond acceptors (Lipinski definition) is 3. The summed E-state index contributed by atoms with van der Waals surface area (Å²) in [5, 5.41) is 3.19. The number of carbonyl (C=O) groups excluding carboxylic acids is 1. The van der Waals surface area contributed by atoms with Gasteiger partial charge in [-0.2, -0.15) is 0 Å². The lowest BCUT2D eigenvalue weighted by atomic mass is 9.87. The number of amides is 1. The molecule has 0 saturated heterocycles. The van der Waals surface area contributed by atoms with Crippen molar-refractivity contribution in [2.45, 2.75) is 45.8 Å². The van der Waals surface area contributed by atoms with Gasteiger partial charge in [-0.15, -0.1) is 0 Å². The maximum absolute atomic E-state index is 13.4. The van der Waals surface area contributed by atoms with E-state index >= 15 is 0 Å². The highest BCUT2D eigenvalue weighted by Gasteiger charge is 2.37. The van der Waals surface area contributed by atoms with E-state index in [9.17, 15) is 9.18 Å². The summed E-state index contributed by atoms with van der Waals surface area (Å²) in [6, 6.07) is 10.7. The van der Waals surface area contributed by atoms with Crippen molar-refractivity contribution in [3.05, 3.63) is 58.9 Å². The molecule has 0 spiro atoms. The van der Waals surface area contributed by atoms with Gasteiger partial charge in [-0.3, -0.25) is 4.79 Å². The van der Waals surface area contributed by atoms with Crippen molar-refractivity contribution in [1.82, 2.24) is 5.32 Å². The van der Waals surface area contributed by atoms with Crippen LogP contribution in [-0.4, -0.2) is 32.7 Å². The van der Waals surface area contributed by atoms with E-state index in [1.807, 2.05) is 38.1 Å². The largest absolute Gasteiger partial charge is 0.493 e. The summed E-state index contributed by atoms with van der Waals surface area (Å²) in [5.41, 5.74) is 3.45. The van der Waals surface area contributed by atoms with Gasteiger partial charge in [0.2, 0.25) is 5.91 Å². The number of rotatable bonds is 7.